The average Bonchev–Trinajstić information content (AvgIpc) is 2.62. The molecule has 0 spiro atoms. The number of ether oxygens (including phenoxy) is 1. The fraction of sp³-hybridized carbons (Fsp3) is 0.250. The van der Waals surface area contributed by atoms with Gasteiger partial charge >= 0.3 is 12.0 Å². The van der Waals surface area contributed by atoms with Crippen LogP contribution in [0.5, 0.6) is 0 Å². The van der Waals surface area contributed by atoms with Gasteiger partial charge in [0.2, 0.25) is 0 Å². The largest absolute Gasteiger partial charge is 0.452 e. The van der Waals surface area contributed by atoms with Crippen LogP contribution in [0.3, 0.4) is 0 Å². The molecule has 0 bridgehead atoms. The lowest BCUT2D eigenvalue weighted by atomic mass is 10.1. The molecule has 136 valence electrons. The molecule has 6 nitrogen and oxygen atoms in total. The fourth-order valence-corrected chi connectivity index (χ4v) is 2.36. The van der Waals surface area contributed by atoms with Crippen LogP contribution in [0.2, 0.25) is 0 Å². The molecule has 2 N–H and O–H groups in total. The van der Waals surface area contributed by atoms with Gasteiger partial charge in [-0.1, -0.05) is 36.8 Å². The van der Waals surface area contributed by atoms with Gasteiger partial charge in [0, 0.05) is 5.69 Å². The zero-order valence-corrected chi connectivity index (χ0v) is 15.1. The van der Waals surface area contributed by atoms with Gasteiger partial charge in [0.25, 0.3) is 5.91 Å². The predicted molar refractivity (Wildman–Crippen MR) is 99.2 cm³/mol. The molecule has 0 aromatic heterocycles. The zero-order chi connectivity index (χ0) is 19.1. The average molecular weight is 354 g/mol. The van der Waals surface area contributed by atoms with Crippen molar-refractivity contribution >= 4 is 23.6 Å². The SMILES string of the molecule is CCc1ccc(C(=O)OCC(=O)NC(=O)Nc2ccc(C)cc2C)cc1. The highest BCUT2D eigenvalue weighted by atomic mass is 16.5. The summed E-state index contributed by atoms with van der Waals surface area (Å²) < 4.78 is 4.92. The number of amides is 3. The van der Waals surface area contributed by atoms with Crippen LogP contribution in [0.1, 0.15) is 34.0 Å². The minimum Gasteiger partial charge on any atom is -0.452 e. The summed E-state index contributed by atoms with van der Waals surface area (Å²) in [6.07, 6.45) is 0.868. The lowest BCUT2D eigenvalue weighted by Crippen LogP contribution is -2.37. The first-order chi connectivity index (χ1) is 12.4. The molecule has 0 saturated carbocycles. The number of rotatable bonds is 5. The predicted octanol–water partition coefficient (Wildman–Crippen LogP) is 3.37. The number of benzene rings is 2. The summed E-state index contributed by atoms with van der Waals surface area (Å²) in [5.74, 6) is -1.32. The van der Waals surface area contributed by atoms with Crippen molar-refractivity contribution in [3.63, 3.8) is 0 Å². The molecule has 0 aliphatic carbocycles. The van der Waals surface area contributed by atoms with E-state index in [-0.39, 0.29) is 0 Å². The number of carbonyl (C=O) groups is 3. The smallest absolute Gasteiger partial charge is 0.338 e. The zero-order valence-electron chi connectivity index (χ0n) is 15.1. The van der Waals surface area contributed by atoms with E-state index in [1.54, 1.807) is 18.2 Å². The van der Waals surface area contributed by atoms with Crippen molar-refractivity contribution in [3.05, 3.63) is 64.7 Å². The second kappa shape index (κ2) is 8.80. The maximum Gasteiger partial charge on any atom is 0.338 e. The molecule has 2 aromatic carbocycles. The molecule has 0 heterocycles. The number of aryl methyl sites for hydroxylation is 3. The first-order valence-electron chi connectivity index (χ1n) is 8.33. The third-order valence-electron chi connectivity index (χ3n) is 3.82. The molecule has 0 aliphatic rings. The number of esters is 1. The Labute approximate surface area is 152 Å². The number of nitrogens with one attached hydrogen (secondary N) is 2. The summed E-state index contributed by atoms with van der Waals surface area (Å²) in [6.45, 7) is 5.29. The van der Waals surface area contributed by atoms with Crippen LogP contribution in [0.4, 0.5) is 10.5 Å². The van der Waals surface area contributed by atoms with Gasteiger partial charge in [-0.05, 0) is 49.6 Å². The molecule has 6 heteroatoms. The number of hydrogen-bond donors (Lipinski definition) is 2. The third kappa shape index (κ3) is 5.44. The van der Waals surface area contributed by atoms with Crippen LogP contribution in [0.15, 0.2) is 42.5 Å². The summed E-state index contributed by atoms with van der Waals surface area (Å²) in [7, 11) is 0. The molecule has 26 heavy (non-hydrogen) atoms. The van der Waals surface area contributed by atoms with E-state index < -0.39 is 24.5 Å². The van der Waals surface area contributed by atoms with Crippen LogP contribution in [0, 0.1) is 13.8 Å². The Morgan fingerprint density at radius 1 is 1.00 bits per heavy atom. The molecule has 0 radical (unpaired) electrons. The van der Waals surface area contributed by atoms with Crippen molar-refractivity contribution in [3.8, 4) is 0 Å². The van der Waals surface area contributed by atoms with Gasteiger partial charge in [-0.2, -0.15) is 0 Å². The van der Waals surface area contributed by atoms with Crippen molar-refractivity contribution in [2.75, 3.05) is 11.9 Å². The number of urea groups is 1. The summed E-state index contributed by atoms with van der Waals surface area (Å²) >= 11 is 0. The van der Waals surface area contributed by atoms with E-state index in [9.17, 15) is 14.4 Å². The van der Waals surface area contributed by atoms with Gasteiger partial charge in [-0.3, -0.25) is 10.1 Å². The number of imide groups is 1. The number of anilines is 1. The van der Waals surface area contributed by atoms with Gasteiger partial charge in [0.15, 0.2) is 6.61 Å². The van der Waals surface area contributed by atoms with Crippen LogP contribution in [0.25, 0.3) is 0 Å². The van der Waals surface area contributed by atoms with Crippen LogP contribution in [-0.4, -0.2) is 24.5 Å². The van der Waals surface area contributed by atoms with Crippen LogP contribution < -0.4 is 10.6 Å². The molecule has 2 rings (SSSR count). The first kappa shape index (κ1) is 19.2. The quantitative estimate of drug-likeness (QED) is 0.806. The minimum absolute atomic E-state index is 0.356. The van der Waals surface area contributed by atoms with Crippen LogP contribution >= 0.6 is 0 Å². The number of hydrogen-bond acceptors (Lipinski definition) is 4. The maximum atomic E-state index is 11.9. The van der Waals surface area contributed by atoms with Crippen molar-refractivity contribution in [2.45, 2.75) is 27.2 Å². The fourth-order valence-electron chi connectivity index (χ4n) is 2.36. The van der Waals surface area contributed by atoms with Gasteiger partial charge in [-0.25, -0.2) is 9.59 Å². The second-order valence-corrected chi connectivity index (χ2v) is 5.95. The number of carbonyl (C=O) groups excluding carboxylic acids is 3. The lowest BCUT2D eigenvalue weighted by molar-refractivity contribution is -0.123. The van der Waals surface area contributed by atoms with E-state index in [1.807, 2.05) is 45.0 Å². The topological polar surface area (TPSA) is 84.5 Å². The molecule has 3 amide bonds. The first-order valence-corrected chi connectivity index (χ1v) is 8.33. The van der Waals surface area contributed by atoms with Gasteiger partial charge in [0.1, 0.15) is 0 Å². The van der Waals surface area contributed by atoms with Crippen LogP contribution in [-0.2, 0) is 16.0 Å². The van der Waals surface area contributed by atoms with E-state index in [0.29, 0.717) is 11.3 Å². The highest BCUT2D eigenvalue weighted by molar-refractivity contribution is 6.02. The Kier molecular flexibility index (Phi) is 6.49. The third-order valence-corrected chi connectivity index (χ3v) is 3.82. The van der Waals surface area contributed by atoms with E-state index >= 15 is 0 Å². The molecule has 0 saturated heterocycles. The molecule has 0 unspecified atom stereocenters. The Morgan fingerprint density at radius 2 is 1.69 bits per heavy atom. The lowest BCUT2D eigenvalue weighted by Gasteiger charge is -2.10. The Morgan fingerprint density at radius 3 is 2.31 bits per heavy atom. The summed E-state index contributed by atoms with van der Waals surface area (Å²) in [6, 6.07) is 11.8. The van der Waals surface area contributed by atoms with Crippen molar-refractivity contribution < 1.29 is 19.1 Å². The molecule has 0 aliphatic heterocycles. The standard InChI is InChI=1S/C20H22N2O4/c1-4-15-6-8-16(9-7-15)19(24)26-12-18(23)22-20(25)21-17-10-5-13(2)11-14(17)3/h5-11H,4,12H2,1-3H3,(H2,21,22,23,25). The normalized spacial score (nSPS) is 10.1. The van der Waals surface area contributed by atoms with Gasteiger partial charge < -0.3 is 10.1 Å². The van der Waals surface area contributed by atoms with E-state index in [4.69, 9.17) is 4.74 Å². The van der Waals surface area contributed by atoms with Crippen molar-refractivity contribution in [1.29, 1.82) is 0 Å². The van der Waals surface area contributed by atoms with E-state index in [2.05, 4.69) is 10.6 Å². The van der Waals surface area contributed by atoms with Gasteiger partial charge in [0.05, 0.1) is 5.56 Å². The summed E-state index contributed by atoms with van der Waals surface area (Å²) in [5, 5.41) is 4.72. The molecular weight excluding hydrogens is 332 g/mol. The summed E-state index contributed by atoms with van der Waals surface area (Å²) in [5.41, 5.74) is 4.02. The van der Waals surface area contributed by atoms with Crippen molar-refractivity contribution in [2.24, 2.45) is 0 Å². The highest BCUT2D eigenvalue weighted by Gasteiger charge is 2.13. The Hall–Kier alpha value is -3.15. The van der Waals surface area contributed by atoms with E-state index in [0.717, 1.165) is 23.1 Å². The second-order valence-electron chi connectivity index (χ2n) is 5.95. The Bertz CT molecular complexity index is 813. The van der Waals surface area contributed by atoms with Crippen molar-refractivity contribution in [1.82, 2.24) is 5.32 Å². The Balaban J connectivity index is 1.81. The summed E-state index contributed by atoms with van der Waals surface area (Å²) in [4.78, 5) is 35.5. The highest BCUT2D eigenvalue weighted by Crippen LogP contribution is 2.15. The monoisotopic (exact) mass is 354 g/mol. The maximum absolute atomic E-state index is 11.9. The van der Waals surface area contributed by atoms with Gasteiger partial charge in [-0.15, -0.1) is 0 Å². The minimum atomic E-state index is -0.703. The van der Waals surface area contributed by atoms with E-state index in [1.165, 1.54) is 0 Å². The molecule has 2 aromatic rings. The molecule has 0 atom stereocenters. The molecule has 0 fully saturated rings. The molecular formula is C20H22N2O4.